The molecule has 0 radical (unpaired) electrons. The fourth-order valence-corrected chi connectivity index (χ4v) is 4.57. The van der Waals surface area contributed by atoms with Gasteiger partial charge in [-0.2, -0.15) is 0 Å². The number of rotatable bonds is 2. The van der Waals surface area contributed by atoms with Gasteiger partial charge in [0.2, 0.25) is 0 Å². The summed E-state index contributed by atoms with van der Waals surface area (Å²) in [6.07, 6.45) is 6.87. The zero-order valence-corrected chi connectivity index (χ0v) is 13.8. The average Bonchev–Trinajstić information content (AvgIpc) is 2.59. The summed E-state index contributed by atoms with van der Waals surface area (Å²) in [7, 11) is 0. The van der Waals surface area contributed by atoms with Crippen LogP contribution in [0.4, 0.5) is 4.39 Å². The largest absolute Gasteiger partial charge is 0.311 e. The van der Waals surface area contributed by atoms with Crippen molar-refractivity contribution in [3.63, 3.8) is 0 Å². The van der Waals surface area contributed by atoms with Crippen molar-refractivity contribution in [2.75, 3.05) is 13.1 Å². The van der Waals surface area contributed by atoms with Crippen molar-refractivity contribution in [2.45, 2.75) is 56.7 Å². The molecule has 6 heteroatoms. The highest BCUT2D eigenvalue weighted by Gasteiger charge is 2.42. The van der Waals surface area contributed by atoms with Crippen LogP contribution in [0.1, 0.15) is 53.6 Å². The molecule has 1 unspecified atom stereocenters. The van der Waals surface area contributed by atoms with Gasteiger partial charge in [0.05, 0.1) is 0 Å². The van der Waals surface area contributed by atoms with E-state index in [2.05, 4.69) is 10.2 Å². The topological polar surface area (TPSA) is 64.6 Å². The van der Waals surface area contributed by atoms with Crippen LogP contribution in [0, 0.1) is 5.82 Å². The van der Waals surface area contributed by atoms with Crippen LogP contribution in [-0.2, 0) is 13.0 Å². The lowest BCUT2D eigenvalue weighted by Gasteiger charge is -2.51. The van der Waals surface area contributed by atoms with Crippen LogP contribution in [0.15, 0.2) is 12.1 Å². The van der Waals surface area contributed by atoms with Crippen molar-refractivity contribution in [3.05, 3.63) is 34.6 Å². The van der Waals surface area contributed by atoms with Gasteiger partial charge in [-0.3, -0.25) is 14.9 Å². The second-order valence-electron chi connectivity index (χ2n) is 7.46. The number of nitrogens with one attached hydrogen (secondary N) is 2. The third-order valence-electron chi connectivity index (χ3n) is 6.11. The number of piperidine rings is 1. The Morgan fingerprint density at radius 2 is 2.25 bits per heavy atom. The van der Waals surface area contributed by atoms with E-state index < -0.39 is 5.91 Å². The van der Waals surface area contributed by atoms with Gasteiger partial charge in [0.15, 0.2) is 0 Å². The van der Waals surface area contributed by atoms with E-state index in [0.29, 0.717) is 23.7 Å². The van der Waals surface area contributed by atoms with Crippen LogP contribution in [-0.4, -0.2) is 40.7 Å². The van der Waals surface area contributed by atoms with Crippen molar-refractivity contribution in [1.29, 1.82) is 0 Å². The number of carbonyl (C=O) groups excluding carboxylic acids is 1. The minimum Gasteiger partial charge on any atom is -0.311 e. The Balaban J connectivity index is 1.52. The van der Waals surface area contributed by atoms with Crippen molar-refractivity contribution in [2.24, 2.45) is 0 Å². The normalized spacial score (nSPS) is 25.8. The first-order valence-electron chi connectivity index (χ1n) is 8.85. The monoisotopic (exact) mass is 333 g/mol. The number of hydrogen-bond donors (Lipinski definition) is 3. The number of hydrogen-bond acceptors (Lipinski definition) is 4. The molecule has 5 nitrogen and oxygen atoms in total. The van der Waals surface area contributed by atoms with E-state index in [1.165, 1.54) is 25.3 Å². The lowest BCUT2D eigenvalue weighted by molar-refractivity contribution is 0.0537. The minimum atomic E-state index is -0.663. The third-order valence-corrected chi connectivity index (χ3v) is 6.11. The maximum Gasteiger partial charge on any atom is 0.274 e. The number of benzene rings is 1. The maximum absolute atomic E-state index is 14.5. The Hall–Kier alpha value is -1.50. The highest BCUT2D eigenvalue weighted by Crippen LogP contribution is 2.40. The first kappa shape index (κ1) is 16.0. The Kier molecular flexibility index (Phi) is 4.06. The van der Waals surface area contributed by atoms with Gasteiger partial charge in [0.25, 0.3) is 5.91 Å². The summed E-state index contributed by atoms with van der Waals surface area (Å²) in [5.74, 6) is -1.01. The van der Waals surface area contributed by atoms with E-state index >= 15 is 0 Å². The Morgan fingerprint density at radius 1 is 1.42 bits per heavy atom. The SMILES string of the molecule is O=C(NO)c1cc(F)c2c(c1)CCN(C1CCNC3(CCC3)C1)C2. The van der Waals surface area contributed by atoms with Crippen LogP contribution in [0.25, 0.3) is 0 Å². The highest BCUT2D eigenvalue weighted by atomic mass is 19.1. The van der Waals surface area contributed by atoms with Gasteiger partial charge in [-0.1, -0.05) is 0 Å². The number of carbonyl (C=O) groups is 1. The minimum absolute atomic E-state index is 0.178. The second kappa shape index (κ2) is 6.10. The summed E-state index contributed by atoms with van der Waals surface area (Å²) in [5.41, 5.74) is 3.68. The Labute approximate surface area is 141 Å². The van der Waals surface area contributed by atoms with Crippen LogP contribution < -0.4 is 10.8 Å². The number of nitrogens with zero attached hydrogens (tertiary/aromatic N) is 1. The molecule has 3 aliphatic rings. The number of halogens is 1. The van der Waals surface area contributed by atoms with Gasteiger partial charge in [0, 0.05) is 35.8 Å². The van der Waals surface area contributed by atoms with E-state index in [4.69, 9.17) is 5.21 Å². The van der Waals surface area contributed by atoms with Gasteiger partial charge < -0.3 is 5.32 Å². The van der Waals surface area contributed by atoms with Gasteiger partial charge >= 0.3 is 0 Å². The number of amides is 1. The van der Waals surface area contributed by atoms with E-state index in [-0.39, 0.29) is 11.4 Å². The molecule has 2 aliphatic heterocycles. The summed E-state index contributed by atoms with van der Waals surface area (Å²) >= 11 is 0. The van der Waals surface area contributed by atoms with Gasteiger partial charge in [-0.25, -0.2) is 9.87 Å². The Bertz CT molecular complexity index is 660. The molecule has 0 bridgehead atoms. The molecule has 3 N–H and O–H groups in total. The Morgan fingerprint density at radius 3 is 2.96 bits per heavy atom. The van der Waals surface area contributed by atoms with E-state index in [1.807, 2.05) is 0 Å². The zero-order chi connectivity index (χ0) is 16.7. The maximum atomic E-state index is 14.5. The summed E-state index contributed by atoms with van der Waals surface area (Å²) < 4.78 is 14.5. The molecule has 1 saturated carbocycles. The van der Waals surface area contributed by atoms with E-state index in [1.54, 1.807) is 11.5 Å². The molecule has 1 atom stereocenters. The van der Waals surface area contributed by atoms with E-state index in [9.17, 15) is 9.18 Å². The summed E-state index contributed by atoms with van der Waals surface area (Å²) in [4.78, 5) is 13.9. The fraction of sp³-hybridized carbons (Fsp3) is 0.611. The molecule has 4 rings (SSSR count). The fourth-order valence-electron chi connectivity index (χ4n) is 4.57. The van der Waals surface area contributed by atoms with Crippen molar-refractivity contribution >= 4 is 5.91 Å². The second-order valence-corrected chi connectivity index (χ2v) is 7.46. The summed E-state index contributed by atoms with van der Waals surface area (Å²) in [5, 5.41) is 12.4. The predicted molar refractivity (Wildman–Crippen MR) is 87.4 cm³/mol. The van der Waals surface area contributed by atoms with Crippen molar-refractivity contribution in [3.8, 4) is 0 Å². The lowest BCUT2D eigenvalue weighted by atomic mass is 9.70. The highest BCUT2D eigenvalue weighted by molar-refractivity contribution is 5.93. The quantitative estimate of drug-likeness (QED) is 0.572. The molecule has 0 aromatic heterocycles. The summed E-state index contributed by atoms with van der Waals surface area (Å²) in [6.45, 7) is 2.56. The number of hydroxylamine groups is 1. The molecule has 1 aromatic carbocycles. The molecule has 1 amide bonds. The standard InChI is InChI=1S/C18H24FN3O2/c19-16-9-13(17(23)21-24)8-12-3-7-22(11-15(12)16)14-2-6-20-18(10-14)4-1-5-18/h8-9,14,20,24H,1-7,10-11H2,(H,21,23). The molecular weight excluding hydrogens is 309 g/mol. The molecule has 1 aliphatic carbocycles. The molecule has 1 aromatic rings. The lowest BCUT2D eigenvalue weighted by Crippen LogP contribution is -2.60. The molecular formula is C18H24FN3O2. The van der Waals surface area contributed by atoms with Crippen LogP contribution in [0.5, 0.6) is 0 Å². The molecule has 24 heavy (non-hydrogen) atoms. The van der Waals surface area contributed by atoms with Crippen LogP contribution in [0.2, 0.25) is 0 Å². The smallest absolute Gasteiger partial charge is 0.274 e. The van der Waals surface area contributed by atoms with Crippen molar-refractivity contribution in [1.82, 2.24) is 15.7 Å². The molecule has 2 heterocycles. The number of fused-ring (bicyclic) bond motifs is 1. The van der Waals surface area contributed by atoms with Gasteiger partial charge in [-0.15, -0.1) is 0 Å². The van der Waals surface area contributed by atoms with Crippen molar-refractivity contribution < 1.29 is 14.4 Å². The first-order chi connectivity index (χ1) is 11.6. The zero-order valence-electron chi connectivity index (χ0n) is 13.8. The molecule has 2 fully saturated rings. The third kappa shape index (κ3) is 2.72. The molecule has 1 spiro atoms. The molecule has 130 valence electrons. The predicted octanol–water partition coefficient (Wildman–Crippen LogP) is 1.98. The summed E-state index contributed by atoms with van der Waals surface area (Å²) in [6, 6.07) is 3.44. The first-order valence-corrected chi connectivity index (χ1v) is 8.85. The average molecular weight is 333 g/mol. The molecule has 1 saturated heterocycles. The van der Waals surface area contributed by atoms with Gasteiger partial charge in [0.1, 0.15) is 5.82 Å². The van der Waals surface area contributed by atoms with Crippen LogP contribution >= 0.6 is 0 Å². The van der Waals surface area contributed by atoms with Crippen LogP contribution in [0.3, 0.4) is 0 Å². The van der Waals surface area contributed by atoms with E-state index in [0.717, 1.165) is 37.9 Å². The van der Waals surface area contributed by atoms with Gasteiger partial charge in [-0.05, 0) is 62.8 Å².